The number of nitrogens with one attached hydrogen (secondary N) is 1. The first kappa shape index (κ1) is 26.9. The Morgan fingerprint density at radius 2 is 1.35 bits per heavy atom. The number of nitro benzene ring substituents is 1. The summed E-state index contributed by atoms with van der Waals surface area (Å²) in [6, 6.07) is 4.20. The number of amides is 1. The van der Waals surface area contributed by atoms with E-state index >= 15 is 0 Å². The Morgan fingerprint density at radius 1 is 0.871 bits per heavy atom. The van der Waals surface area contributed by atoms with Gasteiger partial charge in [-0.1, -0.05) is 96.8 Å². The maximum atomic E-state index is 12.1. The molecule has 176 valence electrons. The van der Waals surface area contributed by atoms with Gasteiger partial charge in [-0.25, -0.2) is 0 Å². The number of ether oxygens (including phenoxy) is 1. The van der Waals surface area contributed by atoms with Gasteiger partial charge in [0.1, 0.15) is 5.75 Å². The van der Waals surface area contributed by atoms with E-state index in [1.807, 2.05) is 0 Å². The molecule has 0 aliphatic carbocycles. The highest BCUT2D eigenvalue weighted by molar-refractivity contribution is 5.92. The third-order valence-electron chi connectivity index (χ3n) is 5.68. The van der Waals surface area contributed by atoms with Gasteiger partial charge in [-0.2, -0.15) is 0 Å². The summed E-state index contributed by atoms with van der Waals surface area (Å²) in [6.07, 6.45) is 19.9. The second-order valence-corrected chi connectivity index (χ2v) is 8.39. The van der Waals surface area contributed by atoms with Gasteiger partial charge in [-0.15, -0.1) is 0 Å². The molecule has 1 rings (SSSR count). The summed E-state index contributed by atoms with van der Waals surface area (Å²) in [5.74, 6) is 0.223. The maximum Gasteiger partial charge on any atom is 0.273 e. The van der Waals surface area contributed by atoms with Crippen LogP contribution in [0.4, 0.5) is 11.4 Å². The minimum absolute atomic E-state index is 0.0581. The number of non-ortho nitro benzene ring substituents is 1. The van der Waals surface area contributed by atoms with Crippen molar-refractivity contribution >= 4 is 17.3 Å². The number of rotatable bonds is 19. The van der Waals surface area contributed by atoms with E-state index < -0.39 is 4.92 Å². The standard InChI is InChI=1S/C25H42N2O4/c1-3-4-5-6-7-8-9-10-11-12-13-14-15-16-17-18-25(28)26-23-20-19-22(27(29)30)21-24(23)31-2/h19-21H,3-18H2,1-2H3,(H,26,28). The zero-order valence-corrected chi connectivity index (χ0v) is 19.6. The Balaban J connectivity index is 2.00. The lowest BCUT2D eigenvalue weighted by Gasteiger charge is -2.10. The Hall–Kier alpha value is -2.11. The van der Waals surface area contributed by atoms with Crippen LogP contribution < -0.4 is 10.1 Å². The maximum absolute atomic E-state index is 12.1. The number of anilines is 1. The molecular formula is C25H42N2O4. The SMILES string of the molecule is CCCCCCCCCCCCCCCCCC(=O)Nc1ccc([N+](=O)[O-])cc1OC. The number of carbonyl (C=O) groups excluding carboxylic acids is 1. The molecular weight excluding hydrogens is 392 g/mol. The van der Waals surface area contributed by atoms with Gasteiger partial charge < -0.3 is 10.1 Å². The predicted octanol–water partition coefficient (Wildman–Crippen LogP) is 7.80. The van der Waals surface area contributed by atoms with Gasteiger partial charge in [-0.05, 0) is 12.5 Å². The molecule has 0 heterocycles. The quantitative estimate of drug-likeness (QED) is 0.137. The molecule has 0 spiro atoms. The van der Waals surface area contributed by atoms with Gasteiger partial charge in [0, 0.05) is 12.5 Å². The number of carbonyl (C=O) groups is 1. The molecule has 0 bridgehead atoms. The summed E-state index contributed by atoms with van der Waals surface area (Å²) >= 11 is 0. The van der Waals surface area contributed by atoms with Crippen molar-refractivity contribution in [3.8, 4) is 5.75 Å². The smallest absolute Gasteiger partial charge is 0.273 e. The zero-order chi connectivity index (χ0) is 22.7. The van der Waals surface area contributed by atoms with E-state index in [1.165, 1.54) is 109 Å². The second-order valence-electron chi connectivity index (χ2n) is 8.39. The Labute approximate surface area is 188 Å². The third-order valence-corrected chi connectivity index (χ3v) is 5.68. The van der Waals surface area contributed by atoms with Crippen LogP contribution in [0.3, 0.4) is 0 Å². The van der Waals surface area contributed by atoms with E-state index in [4.69, 9.17) is 4.74 Å². The van der Waals surface area contributed by atoms with Crippen LogP contribution in [0, 0.1) is 10.1 Å². The summed E-state index contributed by atoms with van der Waals surface area (Å²) in [7, 11) is 1.43. The first-order valence-electron chi connectivity index (χ1n) is 12.2. The van der Waals surface area contributed by atoms with Crippen molar-refractivity contribution in [1.29, 1.82) is 0 Å². The average molecular weight is 435 g/mol. The predicted molar refractivity (Wildman–Crippen MR) is 128 cm³/mol. The molecule has 31 heavy (non-hydrogen) atoms. The van der Waals surface area contributed by atoms with Gasteiger partial charge in [0.15, 0.2) is 0 Å². The van der Waals surface area contributed by atoms with Crippen LogP contribution in [0.2, 0.25) is 0 Å². The topological polar surface area (TPSA) is 81.5 Å². The molecule has 0 aromatic heterocycles. The molecule has 0 aliphatic rings. The molecule has 1 amide bonds. The Kier molecular flexibility index (Phi) is 15.3. The molecule has 1 N–H and O–H groups in total. The lowest BCUT2D eigenvalue weighted by atomic mass is 10.0. The highest BCUT2D eigenvalue weighted by atomic mass is 16.6. The molecule has 6 heteroatoms. The summed E-state index contributed by atoms with van der Waals surface area (Å²) in [6.45, 7) is 2.26. The Morgan fingerprint density at radius 3 is 1.81 bits per heavy atom. The minimum Gasteiger partial charge on any atom is -0.494 e. The van der Waals surface area contributed by atoms with Gasteiger partial charge in [0.25, 0.3) is 5.69 Å². The number of nitro groups is 1. The number of hydrogen-bond donors (Lipinski definition) is 1. The molecule has 1 aromatic rings. The molecule has 0 aliphatic heterocycles. The van der Waals surface area contributed by atoms with Crippen molar-refractivity contribution in [3.63, 3.8) is 0 Å². The van der Waals surface area contributed by atoms with Crippen LogP contribution in [0.1, 0.15) is 110 Å². The van der Waals surface area contributed by atoms with Crippen molar-refractivity contribution in [2.24, 2.45) is 0 Å². The van der Waals surface area contributed by atoms with Crippen molar-refractivity contribution in [1.82, 2.24) is 0 Å². The van der Waals surface area contributed by atoms with Crippen molar-refractivity contribution in [2.45, 2.75) is 110 Å². The first-order valence-corrected chi connectivity index (χ1v) is 12.2. The normalized spacial score (nSPS) is 10.8. The summed E-state index contributed by atoms with van der Waals surface area (Å²) in [4.78, 5) is 22.5. The van der Waals surface area contributed by atoms with Crippen LogP contribution in [0.15, 0.2) is 18.2 Å². The van der Waals surface area contributed by atoms with Crippen LogP contribution in [-0.2, 0) is 4.79 Å². The van der Waals surface area contributed by atoms with Crippen LogP contribution >= 0.6 is 0 Å². The average Bonchev–Trinajstić information content (AvgIpc) is 2.76. The minimum atomic E-state index is -0.482. The molecule has 0 unspecified atom stereocenters. The molecule has 6 nitrogen and oxygen atoms in total. The van der Waals surface area contributed by atoms with E-state index in [1.54, 1.807) is 0 Å². The number of methoxy groups -OCH3 is 1. The molecule has 0 fully saturated rings. The molecule has 0 saturated heterocycles. The molecule has 0 radical (unpaired) electrons. The fourth-order valence-electron chi connectivity index (χ4n) is 3.77. The monoisotopic (exact) mass is 434 g/mol. The second kappa shape index (κ2) is 17.6. The van der Waals surface area contributed by atoms with E-state index in [0.717, 1.165) is 12.8 Å². The number of hydrogen-bond acceptors (Lipinski definition) is 4. The fourth-order valence-corrected chi connectivity index (χ4v) is 3.77. The summed E-state index contributed by atoms with van der Waals surface area (Å²) in [5, 5.41) is 13.6. The molecule has 0 atom stereocenters. The number of unbranched alkanes of at least 4 members (excludes halogenated alkanes) is 14. The number of benzene rings is 1. The molecule has 1 aromatic carbocycles. The van der Waals surface area contributed by atoms with Gasteiger partial charge in [-0.3, -0.25) is 14.9 Å². The first-order chi connectivity index (χ1) is 15.1. The fraction of sp³-hybridized carbons (Fsp3) is 0.720. The van der Waals surface area contributed by atoms with Crippen molar-refractivity contribution in [2.75, 3.05) is 12.4 Å². The van der Waals surface area contributed by atoms with E-state index in [0.29, 0.717) is 17.9 Å². The van der Waals surface area contributed by atoms with Crippen LogP contribution in [-0.4, -0.2) is 17.9 Å². The highest BCUT2D eigenvalue weighted by Crippen LogP contribution is 2.29. The highest BCUT2D eigenvalue weighted by Gasteiger charge is 2.13. The van der Waals surface area contributed by atoms with Crippen molar-refractivity contribution < 1.29 is 14.5 Å². The van der Waals surface area contributed by atoms with Crippen LogP contribution in [0.25, 0.3) is 0 Å². The third kappa shape index (κ3) is 13.0. The van der Waals surface area contributed by atoms with Gasteiger partial charge in [0.2, 0.25) is 5.91 Å². The summed E-state index contributed by atoms with van der Waals surface area (Å²) < 4.78 is 5.15. The van der Waals surface area contributed by atoms with E-state index in [2.05, 4.69) is 12.2 Å². The van der Waals surface area contributed by atoms with E-state index in [-0.39, 0.29) is 11.6 Å². The number of nitrogens with zero attached hydrogens (tertiary/aromatic N) is 1. The van der Waals surface area contributed by atoms with E-state index in [9.17, 15) is 14.9 Å². The van der Waals surface area contributed by atoms with Crippen LogP contribution in [0.5, 0.6) is 5.75 Å². The Bertz CT molecular complexity index is 634. The summed E-state index contributed by atoms with van der Waals surface area (Å²) in [5.41, 5.74) is 0.413. The van der Waals surface area contributed by atoms with Crippen molar-refractivity contribution in [3.05, 3.63) is 28.3 Å². The zero-order valence-electron chi connectivity index (χ0n) is 19.6. The van der Waals surface area contributed by atoms with Gasteiger partial charge in [0.05, 0.1) is 23.8 Å². The largest absolute Gasteiger partial charge is 0.494 e. The lowest BCUT2D eigenvalue weighted by molar-refractivity contribution is -0.384. The lowest BCUT2D eigenvalue weighted by Crippen LogP contribution is -2.12. The van der Waals surface area contributed by atoms with Gasteiger partial charge >= 0.3 is 0 Å². The molecule has 0 saturated carbocycles.